The van der Waals surface area contributed by atoms with Gasteiger partial charge in [-0.05, 0) is 23.3 Å². The second-order valence-corrected chi connectivity index (χ2v) is 5.66. The minimum Gasteiger partial charge on any atom is -0.545 e. The second kappa shape index (κ2) is 7.10. The first-order valence-corrected chi connectivity index (χ1v) is 7.78. The number of hydrogen-bond donors (Lipinski definition) is 1. The van der Waals surface area contributed by atoms with Crippen molar-refractivity contribution in [3.05, 3.63) is 70.9 Å². The van der Waals surface area contributed by atoms with Gasteiger partial charge in [-0.15, -0.1) is 0 Å². The molecule has 26 heavy (non-hydrogen) atoms. The fourth-order valence-electron chi connectivity index (χ4n) is 2.41. The van der Waals surface area contributed by atoms with Crippen LogP contribution in [0.1, 0.15) is 21.5 Å². The third-order valence-electron chi connectivity index (χ3n) is 3.88. The number of amides is 3. The number of carboxylic acid groups (broad SMARTS) is 1. The summed E-state index contributed by atoms with van der Waals surface area (Å²) in [4.78, 5) is 35.3. The van der Waals surface area contributed by atoms with Gasteiger partial charge in [-0.2, -0.15) is 0 Å². The van der Waals surface area contributed by atoms with E-state index < -0.39 is 17.9 Å². The summed E-state index contributed by atoms with van der Waals surface area (Å²) < 4.78 is 5.78. The molecule has 1 aliphatic rings. The van der Waals surface area contributed by atoms with Crippen LogP contribution < -0.4 is 15.2 Å². The summed E-state index contributed by atoms with van der Waals surface area (Å²) in [7, 11) is 1.40. The van der Waals surface area contributed by atoms with Crippen LogP contribution in [0, 0.1) is 0 Å². The summed E-state index contributed by atoms with van der Waals surface area (Å²) in [6, 6.07) is 12.8. The van der Waals surface area contributed by atoms with E-state index >= 15 is 0 Å². The fourth-order valence-corrected chi connectivity index (χ4v) is 2.41. The molecule has 0 unspecified atom stereocenters. The Labute approximate surface area is 149 Å². The zero-order valence-electron chi connectivity index (χ0n) is 13.9. The number of nitrogens with zero attached hydrogens (tertiary/aromatic N) is 1. The van der Waals surface area contributed by atoms with E-state index in [0.29, 0.717) is 11.3 Å². The number of para-hydroxylation sites is 1. The van der Waals surface area contributed by atoms with Crippen LogP contribution in [0.3, 0.4) is 0 Å². The third kappa shape index (κ3) is 3.56. The average Bonchev–Trinajstić information content (AvgIpc) is 2.88. The van der Waals surface area contributed by atoms with Crippen LogP contribution in [0.5, 0.6) is 5.75 Å². The van der Waals surface area contributed by atoms with Crippen molar-refractivity contribution in [2.45, 2.75) is 6.61 Å². The number of nitrogens with one attached hydrogen (secondary N) is 1. The van der Waals surface area contributed by atoms with E-state index in [1.165, 1.54) is 19.2 Å². The molecule has 2 aromatic rings. The van der Waals surface area contributed by atoms with Gasteiger partial charge in [0, 0.05) is 12.6 Å². The molecule has 0 spiro atoms. The van der Waals surface area contributed by atoms with Gasteiger partial charge in [-0.3, -0.25) is 9.69 Å². The molecule has 0 aromatic heterocycles. The number of carbonyl (C=O) groups is 3. The van der Waals surface area contributed by atoms with Crippen molar-refractivity contribution in [3.8, 4) is 5.75 Å². The van der Waals surface area contributed by atoms with E-state index in [0.717, 1.165) is 10.5 Å². The highest BCUT2D eigenvalue weighted by molar-refractivity contribution is 6.13. The van der Waals surface area contributed by atoms with Gasteiger partial charge in [0.25, 0.3) is 5.91 Å². The number of benzene rings is 2. The number of hydrogen-bond acceptors (Lipinski definition) is 5. The van der Waals surface area contributed by atoms with E-state index in [4.69, 9.17) is 4.74 Å². The number of carbonyl (C=O) groups excluding carboxylic acids is 3. The molecule has 1 aliphatic heterocycles. The zero-order valence-corrected chi connectivity index (χ0v) is 13.9. The van der Waals surface area contributed by atoms with Crippen molar-refractivity contribution in [2.24, 2.45) is 0 Å². The molecule has 0 saturated carbocycles. The Bertz CT molecular complexity index is 902. The number of likely N-dealkylation sites (N-methyl/N-ethyl adjacent to an activating group) is 1. The lowest BCUT2D eigenvalue weighted by Crippen LogP contribution is -2.25. The normalized spacial score (nSPS) is 15.3. The van der Waals surface area contributed by atoms with E-state index in [-0.39, 0.29) is 17.9 Å². The first-order chi connectivity index (χ1) is 12.5. The van der Waals surface area contributed by atoms with Crippen LogP contribution in [0.2, 0.25) is 0 Å². The van der Waals surface area contributed by atoms with Gasteiger partial charge in [0.15, 0.2) is 0 Å². The van der Waals surface area contributed by atoms with Crippen LogP contribution in [0.15, 0.2) is 54.2 Å². The molecule has 7 heteroatoms. The first-order valence-electron chi connectivity index (χ1n) is 7.78. The van der Waals surface area contributed by atoms with Crippen LogP contribution >= 0.6 is 0 Å². The highest BCUT2D eigenvalue weighted by Crippen LogP contribution is 2.23. The van der Waals surface area contributed by atoms with Gasteiger partial charge in [0.2, 0.25) is 0 Å². The lowest BCUT2D eigenvalue weighted by atomic mass is 10.1. The molecule has 3 rings (SSSR count). The summed E-state index contributed by atoms with van der Waals surface area (Å²) >= 11 is 0. The minimum absolute atomic E-state index is 0.0958. The quantitative estimate of drug-likeness (QED) is 0.644. The van der Waals surface area contributed by atoms with Gasteiger partial charge in [-0.1, -0.05) is 42.5 Å². The van der Waals surface area contributed by atoms with Gasteiger partial charge in [0.1, 0.15) is 18.1 Å². The standard InChI is InChI=1S/C19H16N2O5/c1-21-17(22)15(20-19(21)25)10-14-4-2-3-5-16(14)26-11-12-6-8-13(9-7-12)18(23)24/h2-10H,11H2,1H3,(H,20,25)(H,23,24)/p-1/b15-10+. The zero-order chi connectivity index (χ0) is 18.7. The van der Waals surface area contributed by atoms with Crippen molar-refractivity contribution in [1.29, 1.82) is 0 Å². The molecule has 0 atom stereocenters. The maximum atomic E-state index is 12.0. The van der Waals surface area contributed by atoms with Crippen LogP contribution in [-0.4, -0.2) is 29.9 Å². The molecule has 0 bridgehead atoms. The molecule has 7 nitrogen and oxygen atoms in total. The molecule has 1 heterocycles. The largest absolute Gasteiger partial charge is 0.545 e. The third-order valence-corrected chi connectivity index (χ3v) is 3.88. The van der Waals surface area contributed by atoms with Gasteiger partial charge < -0.3 is 20.0 Å². The summed E-state index contributed by atoms with van der Waals surface area (Å²) in [5.41, 5.74) is 1.69. The summed E-state index contributed by atoms with van der Waals surface area (Å²) in [6.45, 7) is 0.216. The predicted octanol–water partition coefficient (Wildman–Crippen LogP) is 1.15. The van der Waals surface area contributed by atoms with Gasteiger partial charge in [0.05, 0.1) is 5.97 Å². The Morgan fingerprint density at radius 1 is 1.15 bits per heavy atom. The first kappa shape index (κ1) is 17.2. The molecular formula is C19H15N2O5-. The average molecular weight is 351 g/mol. The van der Waals surface area contributed by atoms with Crippen molar-refractivity contribution in [1.82, 2.24) is 10.2 Å². The fraction of sp³-hybridized carbons (Fsp3) is 0.105. The summed E-state index contributed by atoms with van der Waals surface area (Å²) in [5.74, 6) is -1.12. The van der Waals surface area contributed by atoms with E-state index in [1.54, 1.807) is 42.5 Å². The second-order valence-electron chi connectivity index (χ2n) is 5.66. The molecule has 132 valence electrons. The Balaban J connectivity index is 1.76. The number of urea groups is 1. The Morgan fingerprint density at radius 3 is 2.46 bits per heavy atom. The highest BCUT2D eigenvalue weighted by atomic mass is 16.5. The van der Waals surface area contributed by atoms with Crippen molar-refractivity contribution in [3.63, 3.8) is 0 Å². The van der Waals surface area contributed by atoms with Crippen LogP contribution in [0.4, 0.5) is 4.79 Å². The lowest BCUT2D eigenvalue weighted by Gasteiger charge is -2.10. The predicted molar refractivity (Wildman–Crippen MR) is 90.8 cm³/mol. The number of ether oxygens (including phenoxy) is 1. The Hall–Kier alpha value is -3.61. The van der Waals surface area contributed by atoms with Gasteiger partial charge in [-0.25, -0.2) is 4.79 Å². The van der Waals surface area contributed by atoms with Crippen molar-refractivity contribution >= 4 is 24.0 Å². The summed E-state index contributed by atoms with van der Waals surface area (Å²) in [5, 5.41) is 13.3. The molecule has 1 fully saturated rings. The smallest absolute Gasteiger partial charge is 0.328 e. The molecule has 1 N–H and O–H groups in total. The van der Waals surface area contributed by atoms with Crippen molar-refractivity contribution < 1.29 is 24.2 Å². The topological polar surface area (TPSA) is 98.8 Å². The van der Waals surface area contributed by atoms with Crippen molar-refractivity contribution in [2.75, 3.05) is 7.05 Å². The Kier molecular flexibility index (Phi) is 4.70. The molecule has 1 saturated heterocycles. The van der Waals surface area contributed by atoms with Gasteiger partial charge >= 0.3 is 6.03 Å². The number of carboxylic acids is 1. The van der Waals surface area contributed by atoms with Crippen LogP contribution in [0.25, 0.3) is 6.08 Å². The number of aromatic carboxylic acids is 1. The van der Waals surface area contributed by atoms with E-state index in [1.807, 2.05) is 0 Å². The molecule has 0 aliphatic carbocycles. The van der Waals surface area contributed by atoms with Crippen LogP contribution in [-0.2, 0) is 11.4 Å². The maximum Gasteiger partial charge on any atom is 0.328 e. The number of imide groups is 1. The SMILES string of the molecule is CN1C(=O)N/C(=C/c2ccccc2OCc2ccc(C(=O)[O-])cc2)C1=O. The molecular weight excluding hydrogens is 336 g/mol. The van der Waals surface area contributed by atoms with E-state index in [2.05, 4.69) is 5.32 Å². The Morgan fingerprint density at radius 2 is 1.85 bits per heavy atom. The highest BCUT2D eigenvalue weighted by Gasteiger charge is 2.30. The minimum atomic E-state index is -1.23. The molecule has 3 amide bonds. The maximum absolute atomic E-state index is 12.0. The summed E-state index contributed by atoms with van der Waals surface area (Å²) in [6.07, 6.45) is 1.55. The lowest BCUT2D eigenvalue weighted by molar-refractivity contribution is -0.255. The monoisotopic (exact) mass is 351 g/mol. The number of rotatable bonds is 5. The van der Waals surface area contributed by atoms with E-state index in [9.17, 15) is 19.5 Å². The molecule has 0 radical (unpaired) electrons. The molecule has 2 aromatic carbocycles.